The van der Waals surface area contributed by atoms with Gasteiger partial charge in [0.1, 0.15) is 5.25 Å². The fourth-order valence-electron chi connectivity index (χ4n) is 2.38. The third-order valence-corrected chi connectivity index (χ3v) is 4.65. The molecule has 0 amide bonds. The zero-order chi connectivity index (χ0) is 15.1. The van der Waals surface area contributed by atoms with Crippen LogP contribution in [0.25, 0.3) is 0 Å². The highest BCUT2D eigenvalue weighted by atomic mass is 32.2. The van der Waals surface area contributed by atoms with Crippen LogP contribution in [-0.2, 0) is 9.53 Å². The number of hydrogen-bond acceptors (Lipinski definition) is 3. The molecule has 0 aromatic rings. The summed E-state index contributed by atoms with van der Waals surface area (Å²) in [4.78, 5) is 11.6. The highest BCUT2D eigenvalue weighted by Gasteiger charge is 2.17. The zero-order valence-electron chi connectivity index (χ0n) is 13.8. The summed E-state index contributed by atoms with van der Waals surface area (Å²) < 4.78 is 5.08. The lowest BCUT2D eigenvalue weighted by Crippen LogP contribution is -2.19. The van der Waals surface area contributed by atoms with E-state index < -0.39 is 0 Å². The van der Waals surface area contributed by atoms with Crippen LogP contribution in [0.4, 0.5) is 0 Å². The largest absolute Gasteiger partial charge is 0.465 e. The first-order valence-electron chi connectivity index (χ1n) is 8.45. The predicted molar refractivity (Wildman–Crippen MR) is 90.4 cm³/mol. The van der Waals surface area contributed by atoms with E-state index in [2.05, 4.69) is 6.92 Å². The van der Waals surface area contributed by atoms with Crippen molar-refractivity contribution in [2.45, 2.75) is 89.7 Å². The van der Waals surface area contributed by atoms with Gasteiger partial charge in [0.05, 0.1) is 6.61 Å². The predicted octanol–water partition coefficient (Wildman–Crippen LogP) is 5.59. The van der Waals surface area contributed by atoms with E-state index in [0.717, 1.165) is 12.8 Å². The molecule has 0 fully saturated rings. The number of unbranched alkanes of at least 4 members (excludes halogenated alkanes) is 9. The van der Waals surface area contributed by atoms with Crippen LogP contribution in [0.1, 0.15) is 84.5 Å². The molecule has 0 aliphatic rings. The van der Waals surface area contributed by atoms with Crippen molar-refractivity contribution in [1.82, 2.24) is 0 Å². The Hall–Kier alpha value is -0.180. The number of rotatable bonds is 14. The van der Waals surface area contributed by atoms with E-state index in [1.54, 1.807) is 11.8 Å². The van der Waals surface area contributed by atoms with Crippen molar-refractivity contribution in [2.75, 3.05) is 12.9 Å². The van der Waals surface area contributed by atoms with E-state index in [1.165, 1.54) is 57.8 Å². The van der Waals surface area contributed by atoms with Gasteiger partial charge in [0.25, 0.3) is 0 Å². The van der Waals surface area contributed by atoms with Crippen molar-refractivity contribution < 1.29 is 9.53 Å². The Morgan fingerprint density at radius 1 is 0.900 bits per heavy atom. The number of thioether (sulfide) groups is 1. The van der Waals surface area contributed by atoms with Gasteiger partial charge in [0.2, 0.25) is 0 Å². The van der Waals surface area contributed by atoms with Gasteiger partial charge in [-0.05, 0) is 19.6 Å². The summed E-state index contributed by atoms with van der Waals surface area (Å²) in [7, 11) is 0. The van der Waals surface area contributed by atoms with E-state index in [4.69, 9.17) is 4.74 Å². The van der Waals surface area contributed by atoms with Crippen LogP contribution in [-0.4, -0.2) is 24.1 Å². The quantitative estimate of drug-likeness (QED) is 0.309. The van der Waals surface area contributed by atoms with Gasteiger partial charge in [0.15, 0.2) is 0 Å². The lowest BCUT2D eigenvalue weighted by molar-refractivity contribution is -0.142. The van der Waals surface area contributed by atoms with Crippen LogP contribution in [0.2, 0.25) is 0 Å². The maximum Gasteiger partial charge on any atom is 0.319 e. The maximum atomic E-state index is 11.6. The minimum atomic E-state index is -0.0316. The topological polar surface area (TPSA) is 26.3 Å². The molecule has 0 aliphatic carbocycles. The molecular formula is C17H34O2S. The Kier molecular flexibility index (Phi) is 15.1. The molecule has 1 atom stereocenters. The van der Waals surface area contributed by atoms with Crippen LogP contribution < -0.4 is 0 Å². The average Bonchev–Trinajstić information content (AvgIpc) is 2.45. The lowest BCUT2D eigenvalue weighted by Gasteiger charge is -2.12. The van der Waals surface area contributed by atoms with E-state index >= 15 is 0 Å². The van der Waals surface area contributed by atoms with E-state index in [1.807, 2.05) is 13.2 Å². The smallest absolute Gasteiger partial charge is 0.319 e. The summed E-state index contributed by atoms with van der Waals surface area (Å²) in [5, 5.41) is 0.0454. The van der Waals surface area contributed by atoms with Crippen LogP contribution in [0.3, 0.4) is 0 Å². The molecule has 0 aromatic carbocycles. The van der Waals surface area contributed by atoms with E-state index in [9.17, 15) is 4.79 Å². The van der Waals surface area contributed by atoms with E-state index in [0.29, 0.717) is 6.61 Å². The summed E-state index contributed by atoms with van der Waals surface area (Å²) in [5.74, 6) is -0.0316. The molecule has 120 valence electrons. The van der Waals surface area contributed by atoms with Crippen molar-refractivity contribution >= 4 is 17.7 Å². The number of esters is 1. The van der Waals surface area contributed by atoms with Crippen molar-refractivity contribution in [1.29, 1.82) is 0 Å². The van der Waals surface area contributed by atoms with Crippen molar-refractivity contribution in [3.05, 3.63) is 0 Å². The first kappa shape index (κ1) is 19.8. The molecule has 0 saturated heterocycles. The maximum absolute atomic E-state index is 11.6. The molecule has 0 rings (SSSR count). The summed E-state index contributed by atoms with van der Waals surface area (Å²) in [6.07, 6.45) is 16.4. The molecule has 0 aromatic heterocycles. The second-order valence-electron chi connectivity index (χ2n) is 5.45. The molecule has 0 radical (unpaired) electrons. The van der Waals surface area contributed by atoms with Gasteiger partial charge < -0.3 is 4.74 Å². The van der Waals surface area contributed by atoms with Crippen LogP contribution >= 0.6 is 11.8 Å². The minimum absolute atomic E-state index is 0.0316. The molecule has 1 unspecified atom stereocenters. The fourth-order valence-corrected chi connectivity index (χ4v) is 3.05. The Labute approximate surface area is 130 Å². The van der Waals surface area contributed by atoms with Crippen LogP contribution in [0, 0.1) is 0 Å². The van der Waals surface area contributed by atoms with Gasteiger partial charge in [-0.3, -0.25) is 4.79 Å². The third-order valence-electron chi connectivity index (χ3n) is 3.65. The fraction of sp³-hybridized carbons (Fsp3) is 0.941. The van der Waals surface area contributed by atoms with Crippen molar-refractivity contribution in [3.63, 3.8) is 0 Å². The summed E-state index contributed by atoms with van der Waals surface area (Å²) in [6.45, 7) is 4.63. The van der Waals surface area contributed by atoms with Gasteiger partial charge in [-0.15, -0.1) is 0 Å². The first-order chi connectivity index (χ1) is 9.76. The molecule has 0 N–H and O–H groups in total. The second-order valence-corrected chi connectivity index (χ2v) is 6.49. The number of ether oxygens (including phenoxy) is 1. The third kappa shape index (κ3) is 11.6. The average molecular weight is 303 g/mol. The van der Waals surface area contributed by atoms with Gasteiger partial charge in [-0.25, -0.2) is 0 Å². The number of hydrogen-bond donors (Lipinski definition) is 0. The molecule has 0 saturated carbocycles. The van der Waals surface area contributed by atoms with Crippen LogP contribution in [0.5, 0.6) is 0 Å². The lowest BCUT2D eigenvalue weighted by atomic mass is 10.1. The Bertz CT molecular complexity index is 219. The van der Waals surface area contributed by atoms with Gasteiger partial charge in [0, 0.05) is 0 Å². The standard InChI is InChI=1S/C17H34O2S/c1-4-6-7-8-9-10-11-12-13-14-15-16(20-3)17(18)19-5-2/h16H,4-15H2,1-3H3. The minimum Gasteiger partial charge on any atom is -0.465 e. The SMILES string of the molecule is CCCCCCCCCCCCC(SC)C(=O)OCC. The molecule has 0 aliphatic heterocycles. The van der Waals surface area contributed by atoms with E-state index in [-0.39, 0.29) is 11.2 Å². The zero-order valence-corrected chi connectivity index (χ0v) is 14.6. The number of carbonyl (C=O) groups is 1. The molecular weight excluding hydrogens is 268 g/mol. The van der Waals surface area contributed by atoms with Gasteiger partial charge in [-0.1, -0.05) is 71.1 Å². The van der Waals surface area contributed by atoms with Crippen LogP contribution in [0.15, 0.2) is 0 Å². The molecule has 0 spiro atoms. The van der Waals surface area contributed by atoms with Gasteiger partial charge in [-0.2, -0.15) is 11.8 Å². The second kappa shape index (κ2) is 15.2. The summed E-state index contributed by atoms with van der Waals surface area (Å²) in [5.41, 5.74) is 0. The molecule has 2 nitrogen and oxygen atoms in total. The summed E-state index contributed by atoms with van der Waals surface area (Å²) in [6, 6.07) is 0. The highest BCUT2D eigenvalue weighted by Crippen LogP contribution is 2.18. The Morgan fingerprint density at radius 2 is 1.40 bits per heavy atom. The van der Waals surface area contributed by atoms with Gasteiger partial charge >= 0.3 is 5.97 Å². The highest BCUT2D eigenvalue weighted by molar-refractivity contribution is 7.99. The van der Waals surface area contributed by atoms with Crippen molar-refractivity contribution in [3.8, 4) is 0 Å². The summed E-state index contributed by atoms with van der Waals surface area (Å²) >= 11 is 1.62. The van der Waals surface area contributed by atoms with Crippen molar-refractivity contribution in [2.24, 2.45) is 0 Å². The monoisotopic (exact) mass is 302 g/mol. The molecule has 3 heteroatoms. The Morgan fingerprint density at radius 3 is 1.85 bits per heavy atom. The Balaban J connectivity index is 3.35. The first-order valence-corrected chi connectivity index (χ1v) is 9.74. The molecule has 0 heterocycles. The molecule has 0 bridgehead atoms. The normalized spacial score (nSPS) is 12.3. The number of carbonyl (C=O) groups excluding carboxylic acids is 1. The molecule has 20 heavy (non-hydrogen) atoms.